The van der Waals surface area contributed by atoms with Gasteiger partial charge in [0, 0.05) is 5.41 Å². The summed E-state index contributed by atoms with van der Waals surface area (Å²) < 4.78 is 109. The van der Waals surface area contributed by atoms with Crippen LogP contribution in [0.1, 0.15) is 84.9 Å². The molecule has 0 aromatic heterocycles. The third-order valence-corrected chi connectivity index (χ3v) is 12.8. The molecule has 0 bridgehead atoms. The van der Waals surface area contributed by atoms with Gasteiger partial charge >= 0.3 is 0 Å². The molecule has 0 atom stereocenters. The Morgan fingerprint density at radius 2 is 1.04 bits per heavy atom. The first-order chi connectivity index (χ1) is 22.9. The lowest BCUT2D eigenvalue weighted by Gasteiger charge is -2.28. The minimum atomic E-state index is -5.00. The highest BCUT2D eigenvalue weighted by atomic mass is 32.2. The SMILES string of the molecule is CCC(C)(C)Oc1ccc(C(C)(C)c2ccc(Oc3ccc(S(=O)(=O)c4ccc(C(C)(C)CC)c(S(=O)(=O)O)c4)cc3S(=O)(=O)O)cc2)cc1. The average molecular weight is 745 g/mol. The van der Waals surface area contributed by atoms with E-state index in [4.69, 9.17) is 9.47 Å². The lowest BCUT2D eigenvalue weighted by atomic mass is 9.78. The van der Waals surface area contributed by atoms with Gasteiger partial charge in [0.05, 0.1) is 14.7 Å². The van der Waals surface area contributed by atoms with E-state index in [9.17, 15) is 34.4 Å². The van der Waals surface area contributed by atoms with Gasteiger partial charge in [0.1, 0.15) is 27.7 Å². The fourth-order valence-corrected chi connectivity index (χ4v) is 8.27. The monoisotopic (exact) mass is 744 g/mol. The van der Waals surface area contributed by atoms with Crippen LogP contribution in [0.4, 0.5) is 0 Å². The summed E-state index contributed by atoms with van der Waals surface area (Å²) in [6.07, 6.45) is 1.35. The molecule has 0 unspecified atom stereocenters. The van der Waals surface area contributed by atoms with Gasteiger partial charge in [0.15, 0.2) is 0 Å². The molecule has 0 saturated heterocycles. The van der Waals surface area contributed by atoms with Gasteiger partial charge in [-0.3, -0.25) is 9.11 Å². The molecule has 270 valence electrons. The third kappa shape index (κ3) is 8.40. The number of hydrogen-bond acceptors (Lipinski definition) is 8. The molecule has 4 rings (SSSR count). The van der Waals surface area contributed by atoms with E-state index in [2.05, 4.69) is 20.8 Å². The maximum absolute atomic E-state index is 13.6. The van der Waals surface area contributed by atoms with E-state index < -0.39 is 60.5 Å². The normalized spacial score (nSPS) is 13.2. The van der Waals surface area contributed by atoms with Crippen molar-refractivity contribution in [3.8, 4) is 17.2 Å². The predicted octanol–water partition coefficient (Wildman–Crippen LogP) is 8.39. The van der Waals surface area contributed by atoms with Gasteiger partial charge in [-0.25, -0.2) is 8.42 Å². The lowest BCUT2D eigenvalue weighted by Crippen LogP contribution is -2.26. The maximum atomic E-state index is 13.6. The van der Waals surface area contributed by atoms with E-state index in [1.54, 1.807) is 26.0 Å². The van der Waals surface area contributed by atoms with Crippen molar-refractivity contribution >= 4 is 30.1 Å². The summed E-state index contributed by atoms with van der Waals surface area (Å²) >= 11 is 0. The Hall–Kier alpha value is -3.75. The predicted molar refractivity (Wildman–Crippen MR) is 191 cm³/mol. The molecule has 0 heterocycles. The smallest absolute Gasteiger partial charge is 0.298 e. The summed E-state index contributed by atoms with van der Waals surface area (Å²) in [6.45, 7) is 15.6. The molecule has 2 N–H and O–H groups in total. The Bertz CT molecular complexity index is 2200. The zero-order chi connectivity index (χ0) is 37.5. The maximum Gasteiger partial charge on any atom is 0.298 e. The molecule has 50 heavy (non-hydrogen) atoms. The molecule has 0 fully saturated rings. The minimum Gasteiger partial charge on any atom is -0.488 e. The van der Waals surface area contributed by atoms with Crippen molar-refractivity contribution < 1.29 is 43.8 Å². The highest BCUT2D eigenvalue weighted by Gasteiger charge is 2.31. The summed E-state index contributed by atoms with van der Waals surface area (Å²) in [7, 11) is -14.4. The van der Waals surface area contributed by atoms with E-state index in [0.717, 1.165) is 47.6 Å². The molecular formula is C37H44O10S3. The lowest BCUT2D eigenvalue weighted by molar-refractivity contribution is 0.105. The molecule has 0 aliphatic carbocycles. The third-order valence-electron chi connectivity index (χ3n) is 9.28. The summed E-state index contributed by atoms with van der Waals surface area (Å²) in [6, 6.07) is 21.0. The Morgan fingerprint density at radius 1 is 0.580 bits per heavy atom. The summed E-state index contributed by atoms with van der Waals surface area (Å²) in [5.74, 6) is 0.663. The first-order valence-corrected chi connectivity index (χ1v) is 20.4. The minimum absolute atomic E-state index is 0.220. The molecular weight excluding hydrogens is 701 g/mol. The molecule has 10 nitrogen and oxygen atoms in total. The average Bonchev–Trinajstić information content (AvgIpc) is 3.04. The number of benzene rings is 4. The van der Waals surface area contributed by atoms with Crippen LogP contribution in [0.25, 0.3) is 0 Å². The van der Waals surface area contributed by atoms with Gasteiger partial charge in [-0.05, 0) is 103 Å². The van der Waals surface area contributed by atoms with E-state index in [1.165, 1.54) is 12.1 Å². The standard InChI is InChI=1S/C37H44O10S3/c1-9-35(3,4)31-21-19-29(23-33(31)49(40,41)42)48(38,39)30-20-22-32(34(24-30)50(43,44)45)46-27-15-11-25(12-16-27)37(7,8)26-13-17-28(18-14-26)47-36(5,6)10-2/h11-24H,9-10H2,1-8H3,(H,40,41,42)(H,43,44,45). The van der Waals surface area contributed by atoms with Crippen LogP contribution in [-0.2, 0) is 40.9 Å². The van der Waals surface area contributed by atoms with Crippen molar-refractivity contribution in [3.63, 3.8) is 0 Å². The molecule has 0 spiro atoms. The van der Waals surface area contributed by atoms with Gasteiger partial charge in [-0.1, -0.05) is 71.9 Å². The van der Waals surface area contributed by atoms with Crippen LogP contribution >= 0.6 is 0 Å². The number of sulfone groups is 1. The van der Waals surface area contributed by atoms with Crippen molar-refractivity contribution in [1.29, 1.82) is 0 Å². The number of hydrogen-bond donors (Lipinski definition) is 2. The van der Waals surface area contributed by atoms with Crippen LogP contribution in [0.5, 0.6) is 17.2 Å². The fraction of sp³-hybridized carbons (Fsp3) is 0.351. The first kappa shape index (κ1) is 39.0. The van der Waals surface area contributed by atoms with E-state index in [0.29, 0.717) is 6.42 Å². The topological polar surface area (TPSA) is 161 Å². The quantitative estimate of drug-likeness (QED) is 0.127. The Balaban J connectivity index is 1.65. The van der Waals surface area contributed by atoms with Gasteiger partial charge in [-0.2, -0.15) is 16.8 Å². The number of ether oxygens (including phenoxy) is 2. The second-order valence-electron chi connectivity index (χ2n) is 13.9. The van der Waals surface area contributed by atoms with Crippen molar-refractivity contribution in [1.82, 2.24) is 0 Å². The fourth-order valence-electron chi connectivity index (χ4n) is 5.27. The van der Waals surface area contributed by atoms with Gasteiger partial charge in [0.25, 0.3) is 20.2 Å². The highest BCUT2D eigenvalue weighted by Crippen LogP contribution is 2.38. The Labute approximate surface area is 295 Å². The van der Waals surface area contributed by atoms with Crippen LogP contribution in [0, 0.1) is 0 Å². The van der Waals surface area contributed by atoms with Crippen molar-refractivity contribution in [2.75, 3.05) is 0 Å². The van der Waals surface area contributed by atoms with Crippen LogP contribution in [0.2, 0.25) is 0 Å². The zero-order valence-corrected chi connectivity index (χ0v) is 31.8. The molecule has 13 heteroatoms. The Morgan fingerprint density at radius 3 is 1.50 bits per heavy atom. The second-order valence-corrected chi connectivity index (χ2v) is 18.7. The highest BCUT2D eigenvalue weighted by molar-refractivity contribution is 7.91. The van der Waals surface area contributed by atoms with Crippen molar-refractivity contribution in [2.24, 2.45) is 0 Å². The van der Waals surface area contributed by atoms with E-state index in [-0.39, 0.29) is 22.7 Å². The summed E-state index contributed by atoms with van der Waals surface area (Å²) in [5, 5.41) is 0. The summed E-state index contributed by atoms with van der Waals surface area (Å²) in [4.78, 5) is -2.43. The molecule has 0 aliphatic heterocycles. The van der Waals surface area contributed by atoms with Crippen LogP contribution in [0.15, 0.2) is 105 Å². The molecule has 0 radical (unpaired) electrons. The van der Waals surface area contributed by atoms with Crippen LogP contribution < -0.4 is 9.47 Å². The van der Waals surface area contributed by atoms with Crippen molar-refractivity contribution in [2.45, 2.75) is 104 Å². The molecule has 4 aromatic rings. The van der Waals surface area contributed by atoms with E-state index >= 15 is 0 Å². The van der Waals surface area contributed by atoms with Gasteiger partial charge in [0.2, 0.25) is 9.84 Å². The van der Waals surface area contributed by atoms with Crippen molar-refractivity contribution in [3.05, 3.63) is 102 Å². The molecule has 0 saturated carbocycles. The van der Waals surface area contributed by atoms with Crippen LogP contribution in [0.3, 0.4) is 0 Å². The molecule has 4 aromatic carbocycles. The number of rotatable bonds is 13. The largest absolute Gasteiger partial charge is 0.488 e. The first-order valence-electron chi connectivity index (χ1n) is 16.0. The van der Waals surface area contributed by atoms with Crippen LogP contribution in [-0.4, -0.2) is 40.0 Å². The van der Waals surface area contributed by atoms with Gasteiger partial charge in [-0.15, -0.1) is 0 Å². The zero-order valence-electron chi connectivity index (χ0n) is 29.4. The Kier molecular flexibility index (Phi) is 10.7. The molecule has 0 amide bonds. The van der Waals surface area contributed by atoms with Gasteiger partial charge < -0.3 is 9.47 Å². The van der Waals surface area contributed by atoms with E-state index in [1.807, 2.05) is 57.2 Å². The molecule has 0 aliphatic rings. The second kappa shape index (κ2) is 13.8. The summed E-state index contributed by atoms with van der Waals surface area (Å²) in [5.41, 5.74) is 0.756.